The van der Waals surface area contributed by atoms with Gasteiger partial charge in [0.05, 0.1) is 31.9 Å². The number of carbonyl (C=O) groups is 2. The Morgan fingerprint density at radius 1 is 1.03 bits per heavy atom. The van der Waals surface area contributed by atoms with E-state index in [-0.39, 0.29) is 30.2 Å². The minimum atomic E-state index is -0.352. The van der Waals surface area contributed by atoms with Gasteiger partial charge in [0.15, 0.2) is 0 Å². The average Bonchev–Trinajstić information content (AvgIpc) is 2.92. The molecular formula is C23H26N2O4. The maximum Gasteiger partial charge on any atom is 0.278 e. The number of ether oxygens (including phenoxy) is 2. The van der Waals surface area contributed by atoms with Crippen LogP contribution in [0, 0.1) is 6.92 Å². The van der Waals surface area contributed by atoms with E-state index in [1.807, 2.05) is 45.0 Å². The van der Waals surface area contributed by atoms with Crippen molar-refractivity contribution in [2.24, 2.45) is 0 Å². The Bertz CT molecular complexity index is 932. The molecule has 2 amide bonds. The second-order valence-electron chi connectivity index (χ2n) is 7.15. The molecule has 6 nitrogen and oxygen atoms in total. The molecule has 2 aromatic rings. The second kappa shape index (κ2) is 8.92. The number of aryl methyl sites for hydroxylation is 1. The molecule has 0 aromatic heterocycles. The van der Waals surface area contributed by atoms with Crippen LogP contribution in [-0.4, -0.2) is 43.1 Å². The van der Waals surface area contributed by atoms with Gasteiger partial charge < -0.3 is 14.8 Å². The summed E-state index contributed by atoms with van der Waals surface area (Å²) in [5, 5.41) is 3.16. The molecule has 3 rings (SSSR count). The van der Waals surface area contributed by atoms with Crippen molar-refractivity contribution in [1.82, 2.24) is 4.90 Å². The maximum atomic E-state index is 13.1. The lowest BCUT2D eigenvalue weighted by molar-refractivity contribution is -0.137. The van der Waals surface area contributed by atoms with Crippen LogP contribution in [0.1, 0.15) is 25.0 Å². The van der Waals surface area contributed by atoms with Crippen LogP contribution in [-0.2, 0) is 14.3 Å². The average molecular weight is 394 g/mol. The molecule has 0 fully saturated rings. The summed E-state index contributed by atoms with van der Waals surface area (Å²) in [4.78, 5) is 27.5. The van der Waals surface area contributed by atoms with Crippen LogP contribution in [0.4, 0.5) is 5.69 Å². The Labute approximate surface area is 171 Å². The Morgan fingerprint density at radius 3 is 2.38 bits per heavy atom. The quantitative estimate of drug-likeness (QED) is 0.693. The van der Waals surface area contributed by atoms with Crippen LogP contribution in [0.2, 0.25) is 0 Å². The van der Waals surface area contributed by atoms with Crippen molar-refractivity contribution >= 4 is 23.1 Å². The predicted molar refractivity (Wildman–Crippen MR) is 113 cm³/mol. The Hall–Kier alpha value is -3.12. The highest BCUT2D eigenvalue weighted by molar-refractivity contribution is 6.36. The van der Waals surface area contributed by atoms with E-state index in [9.17, 15) is 9.59 Å². The topological polar surface area (TPSA) is 67.9 Å². The molecule has 0 saturated carbocycles. The lowest BCUT2D eigenvalue weighted by Crippen LogP contribution is -2.35. The number of nitrogens with one attached hydrogen (secondary N) is 1. The number of imide groups is 1. The summed E-state index contributed by atoms with van der Waals surface area (Å²) in [5.41, 5.74) is 3.10. The van der Waals surface area contributed by atoms with Gasteiger partial charge in [-0.2, -0.15) is 0 Å². The van der Waals surface area contributed by atoms with Gasteiger partial charge in [0, 0.05) is 5.69 Å². The fraction of sp³-hybridized carbons (Fsp3) is 0.304. The van der Waals surface area contributed by atoms with Crippen LogP contribution >= 0.6 is 0 Å². The fourth-order valence-corrected chi connectivity index (χ4v) is 3.17. The third-order valence-corrected chi connectivity index (χ3v) is 4.60. The molecule has 6 heteroatoms. The zero-order chi connectivity index (χ0) is 21.0. The van der Waals surface area contributed by atoms with Gasteiger partial charge in [-0.15, -0.1) is 0 Å². The van der Waals surface area contributed by atoms with Gasteiger partial charge in [-0.05, 0) is 56.2 Å². The highest BCUT2D eigenvalue weighted by atomic mass is 16.5. The van der Waals surface area contributed by atoms with Gasteiger partial charge in [0.2, 0.25) is 0 Å². The molecular weight excluding hydrogens is 368 g/mol. The number of rotatable bonds is 8. The maximum absolute atomic E-state index is 13.1. The van der Waals surface area contributed by atoms with Crippen LogP contribution in [0.25, 0.3) is 5.57 Å². The number of benzene rings is 2. The summed E-state index contributed by atoms with van der Waals surface area (Å²) < 4.78 is 10.7. The lowest BCUT2D eigenvalue weighted by atomic mass is 10.0. The van der Waals surface area contributed by atoms with Crippen molar-refractivity contribution in [2.75, 3.05) is 25.6 Å². The van der Waals surface area contributed by atoms with E-state index < -0.39 is 0 Å². The van der Waals surface area contributed by atoms with E-state index in [1.54, 1.807) is 31.4 Å². The van der Waals surface area contributed by atoms with E-state index in [1.165, 1.54) is 4.90 Å². The van der Waals surface area contributed by atoms with Gasteiger partial charge in [-0.1, -0.05) is 24.3 Å². The van der Waals surface area contributed by atoms with E-state index in [4.69, 9.17) is 9.47 Å². The monoisotopic (exact) mass is 394 g/mol. The first-order valence-corrected chi connectivity index (χ1v) is 9.61. The predicted octanol–water partition coefficient (Wildman–Crippen LogP) is 3.62. The third kappa shape index (κ3) is 4.66. The van der Waals surface area contributed by atoms with Crippen LogP contribution in [0.3, 0.4) is 0 Å². The summed E-state index contributed by atoms with van der Waals surface area (Å²) in [5.74, 6) is -0.00105. The van der Waals surface area contributed by atoms with Crippen molar-refractivity contribution in [3.8, 4) is 5.75 Å². The first kappa shape index (κ1) is 20.6. The molecule has 1 aliphatic rings. The van der Waals surface area contributed by atoms with Crippen molar-refractivity contribution in [3.63, 3.8) is 0 Å². The molecule has 0 saturated heterocycles. The van der Waals surface area contributed by atoms with Gasteiger partial charge in [0.1, 0.15) is 11.4 Å². The summed E-state index contributed by atoms with van der Waals surface area (Å²) in [7, 11) is 1.58. The number of methoxy groups -OCH3 is 1. The molecule has 0 spiro atoms. The van der Waals surface area contributed by atoms with Crippen molar-refractivity contribution in [2.45, 2.75) is 26.9 Å². The number of carbonyl (C=O) groups excluding carboxylic acids is 2. The SMILES string of the molecule is COc1ccc(C2=C(Nc3cccc(C)c3)C(=O)N(CCOC(C)C)C2=O)cc1. The molecule has 152 valence electrons. The first-order chi connectivity index (χ1) is 13.9. The summed E-state index contributed by atoms with van der Waals surface area (Å²) in [6, 6.07) is 14.8. The number of amides is 2. The van der Waals surface area contributed by atoms with E-state index in [0.29, 0.717) is 23.5 Å². The van der Waals surface area contributed by atoms with Crippen molar-refractivity contribution < 1.29 is 19.1 Å². The van der Waals surface area contributed by atoms with Gasteiger partial charge >= 0.3 is 0 Å². The van der Waals surface area contributed by atoms with Gasteiger partial charge in [-0.25, -0.2) is 0 Å². The van der Waals surface area contributed by atoms with Crippen molar-refractivity contribution in [3.05, 3.63) is 65.4 Å². The third-order valence-electron chi connectivity index (χ3n) is 4.60. The molecule has 0 aliphatic carbocycles. The van der Waals surface area contributed by atoms with E-state index in [2.05, 4.69) is 5.32 Å². The van der Waals surface area contributed by atoms with Crippen LogP contribution in [0.5, 0.6) is 5.75 Å². The van der Waals surface area contributed by atoms with Crippen LogP contribution in [0.15, 0.2) is 54.2 Å². The van der Waals surface area contributed by atoms with Gasteiger partial charge in [-0.3, -0.25) is 14.5 Å². The summed E-state index contributed by atoms with van der Waals surface area (Å²) in [6.07, 6.45) is 0.0294. The highest BCUT2D eigenvalue weighted by Crippen LogP contribution is 2.31. The Kier molecular flexibility index (Phi) is 6.34. The molecule has 2 aromatic carbocycles. The normalized spacial score (nSPS) is 14.2. The molecule has 0 bridgehead atoms. The van der Waals surface area contributed by atoms with E-state index in [0.717, 1.165) is 11.3 Å². The number of hydrogen-bond donors (Lipinski definition) is 1. The number of nitrogens with zero attached hydrogens (tertiary/aromatic N) is 1. The molecule has 1 heterocycles. The van der Waals surface area contributed by atoms with Crippen LogP contribution < -0.4 is 10.1 Å². The molecule has 1 aliphatic heterocycles. The van der Waals surface area contributed by atoms with E-state index >= 15 is 0 Å². The zero-order valence-electron chi connectivity index (χ0n) is 17.2. The second-order valence-corrected chi connectivity index (χ2v) is 7.15. The fourth-order valence-electron chi connectivity index (χ4n) is 3.17. The molecule has 1 N–H and O–H groups in total. The minimum absolute atomic E-state index is 0.0294. The summed E-state index contributed by atoms with van der Waals surface area (Å²) in [6.45, 7) is 6.30. The standard InChI is InChI=1S/C23H26N2O4/c1-15(2)29-13-12-25-22(26)20(17-8-10-19(28-4)11-9-17)21(23(25)27)24-18-7-5-6-16(3)14-18/h5-11,14-15,24H,12-13H2,1-4H3. The largest absolute Gasteiger partial charge is 0.497 e. The number of anilines is 1. The summed E-state index contributed by atoms with van der Waals surface area (Å²) >= 11 is 0. The Morgan fingerprint density at radius 2 is 1.76 bits per heavy atom. The minimum Gasteiger partial charge on any atom is -0.497 e. The molecule has 29 heavy (non-hydrogen) atoms. The highest BCUT2D eigenvalue weighted by Gasteiger charge is 2.39. The zero-order valence-corrected chi connectivity index (χ0v) is 17.2. The number of hydrogen-bond acceptors (Lipinski definition) is 5. The van der Waals surface area contributed by atoms with Crippen molar-refractivity contribution in [1.29, 1.82) is 0 Å². The lowest BCUT2D eigenvalue weighted by Gasteiger charge is -2.16. The first-order valence-electron chi connectivity index (χ1n) is 9.61. The van der Waals surface area contributed by atoms with Gasteiger partial charge in [0.25, 0.3) is 11.8 Å². The smallest absolute Gasteiger partial charge is 0.278 e. The molecule has 0 atom stereocenters. The molecule has 0 radical (unpaired) electrons. The Balaban J connectivity index is 1.96. The molecule has 0 unspecified atom stereocenters.